The first kappa shape index (κ1) is 27.6. The van der Waals surface area contributed by atoms with Gasteiger partial charge in [-0.2, -0.15) is 0 Å². The van der Waals surface area contributed by atoms with E-state index in [4.69, 9.17) is 4.74 Å². The molecule has 0 saturated heterocycles. The summed E-state index contributed by atoms with van der Waals surface area (Å²) in [6.07, 6.45) is 5.36. The summed E-state index contributed by atoms with van der Waals surface area (Å²) in [7, 11) is 0. The molecule has 8 nitrogen and oxygen atoms in total. The largest absolute Gasteiger partial charge is 0.487 e. The first-order valence-electron chi connectivity index (χ1n) is 15.5. The van der Waals surface area contributed by atoms with E-state index in [-0.39, 0.29) is 23.8 Å². The Labute approximate surface area is 251 Å². The summed E-state index contributed by atoms with van der Waals surface area (Å²) >= 11 is 0. The molecule has 6 aliphatic rings. The van der Waals surface area contributed by atoms with Gasteiger partial charge in [0.1, 0.15) is 16.9 Å². The smallest absolute Gasteiger partial charge is 0.304 e. The number of aliphatic carboxylic acids is 1. The molecule has 222 valence electrons. The molecular weight excluding hydrogens is 540 g/mol. The van der Waals surface area contributed by atoms with Crippen LogP contribution in [-0.2, 0) is 37.1 Å². The Morgan fingerprint density at radius 2 is 1.86 bits per heavy atom. The molecule has 6 aliphatic heterocycles. The fourth-order valence-electron chi connectivity index (χ4n) is 7.31. The Morgan fingerprint density at radius 1 is 1.02 bits per heavy atom. The first-order valence-corrected chi connectivity index (χ1v) is 15.5. The van der Waals surface area contributed by atoms with Crippen LogP contribution >= 0.6 is 0 Å². The Hall–Kier alpha value is -4.20. The number of benzene rings is 3. The Bertz CT molecular complexity index is 1770. The van der Waals surface area contributed by atoms with Crippen molar-refractivity contribution in [2.75, 3.05) is 6.54 Å². The van der Waals surface area contributed by atoms with E-state index in [0.29, 0.717) is 19.5 Å². The fraction of sp³-hybridized carbons (Fsp3) is 0.429. The van der Waals surface area contributed by atoms with Crippen molar-refractivity contribution >= 4 is 22.9 Å². The van der Waals surface area contributed by atoms with Crippen molar-refractivity contribution in [1.29, 1.82) is 0 Å². The number of carboxylic acids is 1. The maximum atomic E-state index is 14.1. The predicted molar refractivity (Wildman–Crippen MR) is 164 cm³/mol. The average molecular weight is 579 g/mol. The van der Waals surface area contributed by atoms with Gasteiger partial charge >= 0.3 is 5.97 Å². The van der Waals surface area contributed by atoms with E-state index in [1.165, 1.54) is 11.1 Å². The Morgan fingerprint density at radius 3 is 2.70 bits per heavy atom. The zero-order valence-corrected chi connectivity index (χ0v) is 25.2. The van der Waals surface area contributed by atoms with Crippen LogP contribution in [0.2, 0.25) is 0 Å². The number of rotatable bonds is 2. The molecule has 7 heterocycles. The van der Waals surface area contributed by atoms with Crippen LogP contribution in [-0.4, -0.2) is 49.0 Å². The maximum Gasteiger partial charge on any atom is 0.304 e. The third-order valence-corrected chi connectivity index (χ3v) is 9.54. The van der Waals surface area contributed by atoms with Crippen LogP contribution in [0.25, 0.3) is 11.0 Å². The van der Waals surface area contributed by atoms with Gasteiger partial charge in [-0.1, -0.05) is 42.0 Å². The van der Waals surface area contributed by atoms with Crippen molar-refractivity contribution < 1.29 is 19.4 Å². The molecule has 43 heavy (non-hydrogen) atoms. The van der Waals surface area contributed by atoms with Crippen molar-refractivity contribution in [3.63, 3.8) is 0 Å². The van der Waals surface area contributed by atoms with Crippen LogP contribution < -0.4 is 4.74 Å². The molecule has 1 N–H and O–H groups in total. The monoisotopic (exact) mass is 578 g/mol. The summed E-state index contributed by atoms with van der Waals surface area (Å²) in [4.78, 5) is 28.1. The van der Waals surface area contributed by atoms with Gasteiger partial charge in [-0.3, -0.25) is 9.59 Å². The van der Waals surface area contributed by atoms with E-state index >= 15 is 0 Å². The standard InChI is InChI=1S/C35H38N4O4/c1-21-26-12-13-30-32(21)36-37-39(30)15-6-4-5-7-23-10-11-27(29-19-35(2,3)43-33(23)29)34(42)38-16-14-22-8-9-24(17-25(22)20-38)28(26)18-31(40)41/h8-13,17,28H,4-7,14-16,18-20H2,1-3H3,(H,40,41). The number of carboxylic acid groups (broad SMARTS) is 1. The van der Waals surface area contributed by atoms with Crippen molar-refractivity contribution in [3.05, 3.63) is 87.0 Å². The van der Waals surface area contributed by atoms with Crippen molar-refractivity contribution in [2.24, 2.45) is 0 Å². The molecule has 1 atom stereocenters. The van der Waals surface area contributed by atoms with Crippen LogP contribution in [0.4, 0.5) is 0 Å². The minimum atomic E-state index is -0.851. The van der Waals surface area contributed by atoms with Crippen LogP contribution in [0.15, 0.2) is 42.5 Å². The maximum absolute atomic E-state index is 14.1. The topological polar surface area (TPSA) is 97.5 Å². The van der Waals surface area contributed by atoms with Crippen LogP contribution in [0.5, 0.6) is 5.75 Å². The Kier molecular flexibility index (Phi) is 6.75. The van der Waals surface area contributed by atoms with Crippen molar-refractivity contribution in [3.8, 4) is 5.75 Å². The van der Waals surface area contributed by atoms with Crippen LogP contribution in [0.3, 0.4) is 0 Å². The second-order valence-electron chi connectivity index (χ2n) is 13.0. The number of carbonyl (C=O) groups excluding carboxylic acids is 1. The summed E-state index contributed by atoms with van der Waals surface area (Å²) in [5.74, 6) is -0.258. The van der Waals surface area contributed by atoms with Gasteiger partial charge < -0.3 is 14.7 Å². The fourth-order valence-corrected chi connectivity index (χ4v) is 7.31. The third kappa shape index (κ3) is 4.96. The molecule has 0 radical (unpaired) electrons. The molecule has 0 aliphatic carbocycles. The minimum Gasteiger partial charge on any atom is -0.487 e. The highest BCUT2D eigenvalue weighted by atomic mass is 16.5. The SMILES string of the molecule is Cc1c2ccc3c1nnn3CCCCCc1ccc(c3c1OC(C)(C)C3)C(=O)N1CCc3ccc(cc3C1)C2CC(=O)O. The third-order valence-electron chi connectivity index (χ3n) is 9.54. The van der Waals surface area contributed by atoms with Gasteiger partial charge in [-0.25, -0.2) is 4.68 Å². The zero-order valence-electron chi connectivity index (χ0n) is 25.2. The quantitative estimate of drug-likeness (QED) is 0.314. The number of hydrogen-bond donors (Lipinski definition) is 1. The zero-order chi connectivity index (χ0) is 29.9. The van der Waals surface area contributed by atoms with Gasteiger partial charge in [0.05, 0.1) is 11.9 Å². The second kappa shape index (κ2) is 10.5. The second-order valence-corrected chi connectivity index (χ2v) is 13.0. The van der Waals surface area contributed by atoms with Crippen molar-refractivity contribution in [2.45, 2.75) is 90.3 Å². The van der Waals surface area contributed by atoms with E-state index in [2.05, 4.69) is 48.4 Å². The number of ether oxygens (including phenoxy) is 1. The van der Waals surface area contributed by atoms with E-state index in [1.807, 2.05) is 34.7 Å². The minimum absolute atomic E-state index is 0.0316. The normalized spacial score (nSPS) is 19.6. The highest BCUT2D eigenvalue weighted by Gasteiger charge is 2.36. The summed E-state index contributed by atoms with van der Waals surface area (Å²) < 4.78 is 8.43. The number of nitrogens with zero attached hydrogens (tertiary/aromatic N) is 4. The molecule has 1 amide bonds. The molecule has 0 spiro atoms. The van der Waals surface area contributed by atoms with E-state index in [9.17, 15) is 14.7 Å². The summed E-state index contributed by atoms with van der Waals surface area (Å²) in [5, 5.41) is 19.0. The van der Waals surface area contributed by atoms with Gasteiger partial charge in [0.15, 0.2) is 0 Å². The van der Waals surface area contributed by atoms with E-state index in [0.717, 1.165) is 88.8 Å². The Balaban J connectivity index is 1.33. The molecule has 4 aromatic rings. The molecule has 9 bridgehead atoms. The molecular formula is C35H38N4O4. The van der Waals surface area contributed by atoms with E-state index in [1.54, 1.807) is 0 Å². The van der Waals surface area contributed by atoms with Gasteiger partial charge in [-0.05, 0) is 92.0 Å². The molecule has 10 rings (SSSR count). The number of amides is 1. The van der Waals surface area contributed by atoms with Gasteiger partial charge in [0, 0.05) is 43.1 Å². The van der Waals surface area contributed by atoms with Gasteiger partial charge in [0.25, 0.3) is 5.91 Å². The molecule has 1 unspecified atom stereocenters. The summed E-state index contributed by atoms with van der Waals surface area (Å²) in [6, 6.07) is 14.5. The highest BCUT2D eigenvalue weighted by Crippen LogP contribution is 2.41. The molecule has 0 fully saturated rings. The highest BCUT2D eigenvalue weighted by molar-refractivity contribution is 5.97. The lowest BCUT2D eigenvalue weighted by molar-refractivity contribution is -0.137. The average Bonchev–Trinajstić information content (AvgIpc) is 3.55. The molecule has 3 aromatic carbocycles. The summed E-state index contributed by atoms with van der Waals surface area (Å²) in [6.45, 7) is 8.11. The lowest BCUT2D eigenvalue weighted by Crippen LogP contribution is -2.36. The van der Waals surface area contributed by atoms with Crippen LogP contribution in [0, 0.1) is 6.92 Å². The lowest BCUT2D eigenvalue weighted by atomic mass is 9.83. The first-order chi connectivity index (χ1) is 20.7. The number of carbonyl (C=O) groups is 2. The van der Waals surface area contributed by atoms with Crippen LogP contribution in [0.1, 0.15) is 94.8 Å². The lowest BCUT2D eigenvalue weighted by Gasteiger charge is -2.30. The number of hydrogen-bond acceptors (Lipinski definition) is 5. The van der Waals surface area contributed by atoms with Gasteiger partial charge in [-0.15, -0.1) is 5.10 Å². The van der Waals surface area contributed by atoms with E-state index < -0.39 is 5.97 Å². The van der Waals surface area contributed by atoms with Gasteiger partial charge in [0.2, 0.25) is 0 Å². The van der Waals surface area contributed by atoms with Crippen molar-refractivity contribution in [1.82, 2.24) is 19.9 Å². The summed E-state index contributed by atoms with van der Waals surface area (Å²) in [5.41, 5.74) is 9.54. The molecule has 1 aromatic heterocycles. The number of aryl methyl sites for hydroxylation is 3. The molecule has 0 saturated carbocycles. The number of aromatic nitrogens is 3. The molecule has 8 heteroatoms. The predicted octanol–water partition coefficient (Wildman–Crippen LogP) is 5.98.